The van der Waals surface area contributed by atoms with E-state index < -0.39 is 0 Å². The van der Waals surface area contributed by atoms with Gasteiger partial charge < -0.3 is 10.2 Å². The van der Waals surface area contributed by atoms with E-state index in [1.807, 2.05) is 0 Å². The Hall–Kier alpha value is -0.0800. The number of nitrogens with zero attached hydrogens (tertiary/aromatic N) is 1. The summed E-state index contributed by atoms with van der Waals surface area (Å²) in [5.41, 5.74) is 0. The van der Waals surface area contributed by atoms with Gasteiger partial charge in [0.25, 0.3) is 0 Å². The van der Waals surface area contributed by atoms with Crippen molar-refractivity contribution in [2.75, 3.05) is 32.7 Å². The molecule has 0 aromatic heterocycles. The van der Waals surface area contributed by atoms with Gasteiger partial charge in [-0.05, 0) is 50.7 Å². The van der Waals surface area contributed by atoms with E-state index in [1.165, 1.54) is 45.4 Å². The second kappa shape index (κ2) is 7.24. The van der Waals surface area contributed by atoms with Gasteiger partial charge in [0.05, 0.1) is 0 Å². The zero-order valence-electron chi connectivity index (χ0n) is 10.8. The third-order valence-corrected chi connectivity index (χ3v) is 3.27. The van der Waals surface area contributed by atoms with E-state index in [2.05, 4.69) is 31.0 Å². The second-order valence-corrected chi connectivity index (χ2v) is 5.27. The summed E-state index contributed by atoms with van der Waals surface area (Å²) >= 11 is 0. The standard InChI is InChI=1S/C13H28N2/c1-4-14-7-5-6-8-15-10-12(2)9-13(3)11-15/h12-14H,4-11H2,1-3H3. The normalized spacial score (nSPS) is 28.2. The number of likely N-dealkylation sites (tertiary alicyclic amines) is 1. The van der Waals surface area contributed by atoms with Crippen LogP contribution in [0.15, 0.2) is 0 Å². The second-order valence-electron chi connectivity index (χ2n) is 5.27. The van der Waals surface area contributed by atoms with Crippen LogP contribution >= 0.6 is 0 Å². The molecule has 15 heavy (non-hydrogen) atoms. The lowest BCUT2D eigenvalue weighted by Crippen LogP contribution is -2.39. The van der Waals surface area contributed by atoms with Crippen LogP contribution in [0.4, 0.5) is 0 Å². The van der Waals surface area contributed by atoms with Crippen molar-refractivity contribution < 1.29 is 0 Å². The zero-order valence-corrected chi connectivity index (χ0v) is 10.8. The molecule has 1 heterocycles. The Balaban J connectivity index is 2.04. The highest BCUT2D eigenvalue weighted by molar-refractivity contribution is 4.74. The van der Waals surface area contributed by atoms with Gasteiger partial charge in [-0.2, -0.15) is 0 Å². The molecule has 1 fully saturated rings. The molecule has 0 radical (unpaired) electrons. The van der Waals surface area contributed by atoms with Crippen molar-refractivity contribution in [2.24, 2.45) is 11.8 Å². The summed E-state index contributed by atoms with van der Waals surface area (Å²) in [7, 11) is 0. The van der Waals surface area contributed by atoms with Crippen molar-refractivity contribution in [3.8, 4) is 0 Å². The van der Waals surface area contributed by atoms with Gasteiger partial charge in [0.15, 0.2) is 0 Å². The first-order chi connectivity index (χ1) is 7.22. The number of rotatable bonds is 6. The molecule has 0 amide bonds. The number of unbranched alkanes of at least 4 members (excludes halogenated alkanes) is 1. The Labute approximate surface area is 95.4 Å². The molecule has 1 saturated heterocycles. The molecule has 0 saturated carbocycles. The summed E-state index contributed by atoms with van der Waals surface area (Å²) in [5, 5.41) is 3.39. The van der Waals surface area contributed by atoms with E-state index >= 15 is 0 Å². The molecule has 0 aromatic carbocycles. The molecular weight excluding hydrogens is 184 g/mol. The largest absolute Gasteiger partial charge is 0.317 e. The number of hydrogen-bond acceptors (Lipinski definition) is 2. The van der Waals surface area contributed by atoms with E-state index in [0.29, 0.717) is 0 Å². The molecule has 1 rings (SSSR count). The van der Waals surface area contributed by atoms with Crippen molar-refractivity contribution >= 4 is 0 Å². The Bertz CT molecular complexity index is 149. The van der Waals surface area contributed by atoms with Crippen molar-refractivity contribution in [3.05, 3.63) is 0 Å². The average Bonchev–Trinajstić information content (AvgIpc) is 2.16. The van der Waals surface area contributed by atoms with E-state index in [4.69, 9.17) is 0 Å². The lowest BCUT2D eigenvalue weighted by Gasteiger charge is -2.34. The van der Waals surface area contributed by atoms with Crippen LogP contribution in [0.3, 0.4) is 0 Å². The van der Waals surface area contributed by atoms with Crippen LogP contribution < -0.4 is 5.32 Å². The van der Waals surface area contributed by atoms with Crippen molar-refractivity contribution in [1.29, 1.82) is 0 Å². The van der Waals surface area contributed by atoms with Crippen LogP contribution in [0.2, 0.25) is 0 Å². The fraction of sp³-hybridized carbons (Fsp3) is 1.00. The van der Waals surface area contributed by atoms with Gasteiger partial charge in [-0.25, -0.2) is 0 Å². The molecule has 1 aliphatic heterocycles. The van der Waals surface area contributed by atoms with Gasteiger partial charge in [-0.3, -0.25) is 0 Å². The monoisotopic (exact) mass is 212 g/mol. The Kier molecular flexibility index (Phi) is 6.26. The average molecular weight is 212 g/mol. The Morgan fingerprint density at radius 1 is 1.13 bits per heavy atom. The summed E-state index contributed by atoms with van der Waals surface area (Å²) in [5.74, 6) is 1.81. The topological polar surface area (TPSA) is 15.3 Å². The van der Waals surface area contributed by atoms with Crippen LogP contribution in [0.1, 0.15) is 40.0 Å². The van der Waals surface area contributed by atoms with E-state index in [1.54, 1.807) is 0 Å². The minimum Gasteiger partial charge on any atom is -0.317 e. The van der Waals surface area contributed by atoms with Crippen LogP contribution in [0, 0.1) is 11.8 Å². The fourth-order valence-corrected chi connectivity index (χ4v) is 2.74. The van der Waals surface area contributed by atoms with Gasteiger partial charge in [-0.1, -0.05) is 20.8 Å². The molecule has 0 aromatic rings. The zero-order chi connectivity index (χ0) is 11.1. The van der Waals surface area contributed by atoms with Crippen molar-refractivity contribution in [3.63, 3.8) is 0 Å². The number of piperidine rings is 1. The van der Waals surface area contributed by atoms with Gasteiger partial charge in [0, 0.05) is 13.1 Å². The number of nitrogens with one attached hydrogen (secondary N) is 1. The molecule has 0 bridgehead atoms. The van der Waals surface area contributed by atoms with Crippen molar-refractivity contribution in [1.82, 2.24) is 10.2 Å². The molecular formula is C13H28N2. The maximum atomic E-state index is 3.39. The van der Waals surface area contributed by atoms with Crippen LogP contribution in [-0.4, -0.2) is 37.6 Å². The molecule has 2 heteroatoms. The number of hydrogen-bond donors (Lipinski definition) is 1. The molecule has 2 atom stereocenters. The highest BCUT2D eigenvalue weighted by Crippen LogP contribution is 2.20. The maximum absolute atomic E-state index is 3.39. The summed E-state index contributed by atoms with van der Waals surface area (Å²) < 4.78 is 0. The summed E-state index contributed by atoms with van der Waals surface area (Å²) in [6.07, 6.45) is 4.10. The minimum absolute atomic E-state index is 0.905. The molecule has 1 N–H and O–H groups in total. The fourth-order valence-electron chi connectivity index (χ4n) is 2.74. The lowest BCUT2D eigenvalue weighted by atomic mass is 9.92. The van der Waals surface area contributed by atoms with Gasteiger partial charge in [0.1, 0.15) is 0 Å². The molecule has 0 spiro atoms. The minimum atomic E-state index is 0.905. The van der Waals surface area contributed by atoms with Gasteiger partial charge in [0.2, 0.25) is 0 Å². The van der Waals surface area contributed by atoms with E-state index in [-0.39, 0.29) is 0 Å². The predicted octanol–water partition coefficient (Wildman–Crippen LogP) is 2.35. The highest BCUT2D eigenvalue weighted by Gasteiger charge is 2.20. The predicted molar refractivity (Wildman–Crippen MR) is 67.2 cm³/mol. The lowest BCUT2D eigenvalue weighted by molar-refractivity contribution is 0.139. The third-order valence-electron chi connectivity index (χ3n) is 3.27. The van der Waals surface area contributed by atoms with Gasteiger partial charge in [-0.15, -0.1) is 0 Å². The van der Waals surface area contributed by atoms with Crippen molar-refractivity contribution in [2.45, 2.75) is 40.0 Å². The molecule has 2 unspecified atom stereocenters. The smallest absolute Gasteiger partial charge is 0.000724 e. The van der Waals surface area contributed by atoms with Crippen LogP contribution in [-0.2, 0) is 0 Å². The third kappa shape index (κ3) is 5.53. The van der Waals surface area contributed by atoms with Gasteiger partial charge >= 0.3 is 0 Å². The van der Waals surface area contributed by atoms with Crippen LogP contribution in [0.5, 0.6) is 0 Å². The first-order valence-electron chi connectivity index (χ1n) is 6.65. The first-order valence-corrected chi connectivity index (χ1v) is 6.65. The summed E-state index contributed by atoms with van der Waals surface area (Å²) in [6.45, 7) is 13.2. The Morgan fingerprint density at radius 2 is 1.80 bits per heavy atom. The maximum Gasteiger partial charge on any atom is 0.000724 e. The highest BCUT2D eigenvalue weighted by atomic mass is 15.1. The Morgan fingerprint density at radius 3 is 2.40 bits per heavy atom. The van der Waals surface area contributed by atoms with E-state index in [0.717, 1.165) is 18.4 Å². The first kappa shape index (κ1) is 13.0. The summed E-state index contributed by atoms with van der Waals surface area (Å²) in [6, 6.07) is 0. The molecule has 90 valence electrons. The van der Waals surface area contributed by atoms with Crippen LogP contribution in [0.25, 0.3) is 0 Å². The SMILES string of the molecule is CCNCCCCN1CC(C)CC(C)C1. The molecule has 2 nitrogen and oxygen atoms in total. The molecule has 1 aliphatic rings. The van der Waals surface area contributed by atoms with E-state index in [9.17, 15) is 0 Å². The quantitative estimate of drug-likeness (QED) is 0.680. The summed E-state index contributed by atoms with van der Waals surface area (Å²) in [4.78, 5) is 2.66. The molecule has 0 aliphatic carbocycles.